The van der Waals surface area contributed by atoms with Gasteiger partial charge in [-0.2, -0.15) is 0 Å². The van der Waals surface area contributed by atoms with E-state index in [1.807, 2.05) is 12.1 Å². The Kier molecular flexibility index (Phi) is 3.32. The summed E-state index contributed by atoms with van der Waals surface area (Å²) < 4.78 is 5.99. The molecule has 4 atom stereocenters. The summed E-state index contributed by atoms with van der Waals surface area (Å²) in [7, 11) is 0. The molecule has 1 heterocycles. The van der Waals surface area contributed by atoms with E-state index in [0.29, 0.717) is 29.5 Å². The van der Waals surface area contributed by atoms with Crippen LogP contribution in [0.25, 0.3) is 0 Å². The van der Waals surface area contributed by atoms with Crippen LogP contribution >= 0.6 is 0 Å². The highest BCUT2D eigenvalue weighted by Crippen LogP contribution is 2.63. The zero-order chi connectivity index (χ0) is 14.4. The van der Waals surface area contributed by atoms with E-state index >= 15 is 0 Å². The molecule has 0 amide bonds. The molecule has 114 valence electrons. The van der Waals surface area contributed by atoms with E-state index in [0.717, 1.165) is 12.2 Å². The molecule has 3 nitrogen and oxygen atoms in total. The van der Waals surface area contributed by atoms with Gasteiger partial charge in [-0.05, 0) is 37.3 Å². The van der Waals surface area contributed by atoms with Crippen molar-refractivity contribution in [3.05, 3.63) is 35.4 Å². The number of nitrogens with one attached hydrogen (secondary N) is 1. The monoisotopic (exact) mass is 287 g/mol. The van der Waals surface area contributed by atoms with Gasteiger partial charge < -0.3 is 15.2 Å². The summed E-state index contributed by atoms with van der Waals surface area (Å²) in [5.41, 5.74) is 2.71. The molecule has 4 rings (SSSR count). The van der Waals surface area contributed by atoms with Crippen molar-refractivity contribution in [2.75, 3.05) is 6.61 Å². The topological polar surface area (TPSA) is 41.5 Å². The number of aliphatic hydroxyl groups is 1. The fraction of sp³-hybridized carbons (Fsp3) is 0.667. The second-order valence-electron chi connectivity index (χ2n) is 7.10. The van der Waals surface area contributed by atoms with Crippen LogP contribution in [-0.2, 0) is 11.3 Å². The smallest absolute Gasteiger partial charge is 0.0690 e. The van der Waals surface area contributed by atoms with Crippen molar-refractivity contribution in [3.63, 3.8) is 0 Å². The molecule has 1 aliphatic heterocycles. The Bertz CT molecular complexity index is 526. The van der Waals surface area contributed by atoms with Crippen molar-refractivity contribution in [1.29, 1.82) is 0 Å². The summed E-state index contributed by atoms with van der Waals surface area (Å²) in [6.45, 7) is 3.31. The lowest BCUT2D eigenvalue weighted by atomic mass is 9.46. The van der Waals surface area contributed by atoms with Gasteiger partial charge in [0.2, 0.25) is 0 Å². The number of fused-ring (bicyclic) bond motifs is 2. The zero-order valence-electron chi connectivity index (χ0n) is 12.7. The van der Waals surface area contributed by atoms with Gasteiger partial charge in [-0.3, -0.25) is 0 Å². The molecular weight excluding hydrogens is 262 g/mol. The molecule has 21 heavy (non-hydrogen) atoms. The summed E-state index contributed by atoms with van der Waals surface area (Å²) in [4.78, 5) is 0. The summed E-state index contributed by atoms with van der Waals surface area (Å²) in [6, 6.07) is 9.25. The van der Waals surface area contributed by atoms with Crippen LogP contribution in [-0.4, -0.2) is 23.9 Å². The van der Waals surface area contributed by atoms with E-state index in [1.54, 1.807) is 0 Å². The number of rotatable bonds is 4. The second kappa shape index (κ2) is 5.08. The van der Waals surface area contributed by atoms with Gasteiger partial charge >= 0.3 is 0 Å². The molecular formula is C18H25NO2. The standard InChI is InChI=1S/C18H25NO2/c1-12(14-5-2-4-13(10-14)11-20)19-16-15-6-9-21-17(15)18(16)7-3-8-18/h2,4-5,10,12,15-17,19-20H,3,6-9,11H2,1H3/t12-,15+,16+,17-/m0/s1. The first-order valence-corrected chi connectivity index (χ1v) is 8.32. The fourth-order valence-electron chi connectivity index (χ4n) is 4.82. The molecule has 3 heteroatoms. The van der Waals surface area contributed by atoms with Gasteiger partial charge in [0.15, 0.2) is 0 Å². The minimum atomic E-state index is 0.118. The number of aliphatic hydroxyl groups excluding tert-OH is 1. The maximum atomic E-state index is 9.30. The van der Waals surface area contributed by atoms with Gasteiger partial charge in [-0.1, -0.05) is 30.7 Å². The number of ether oxygens (including phenoxy) is 1. The molecule has 1 saturated heterocycles. The Balaban J connectivity index is 1.50. The lowest BCUT2D eigenvalue weighted by molar-refractivity contribution is -0.178. The molecule has 1 aromatic rings. The van der Waals surface area contributed by atoms with E-state index in [9.17, 15) is 5.11 Å². The van der Waals surface area contributed by atoms with Gasteiger partial charge in [0.25, 0.3) is 0 Å². The van der Waals surface area contributed by atoms with Crippen molar-refractivity contribution in [2.24, 2.45) is 11.3 Å². The summed E-state index contributed by atoms with van der Waals surface area (Å²) >= 11 is 0. The van der Waals surface area contributed by atoms with Gasteiger partial charge in [0.1, 0.15) is 0 Å². The highest BCUT2D eigenvalue weighted by atomic mass is 16.5. The minimum absolute atomic E-state index is 0.118. The normalized spacial score (nSPS) is 34.1. The maximum Gasteiger partial charge on any atom is 0.0690 e. The molecule has 2 saturated carbocycles. The predicted octanol–water partition coefficient (Wildman–Crippen LogP) is 2.79. The van der Waals surface area contributed by atoms with Crippen molar-refractivity contribution >= 4 is 0 Å². The van der Waals surface area contributed by atoms with Gasteiger partial charge in [-0.15, -0.1) is 0 Å². The average Bonchev–Trinajstić information content (AvgIpc) is 2.88. The SMILES string of the molecule is C[C@H](N[C@@H]1[C@H]2CCO[C@@H]2C12CCC2)c1cccc(CO)c1. The number of benzene rings is 1. The lowest BCUT2D eigenvalue weighted by Gasteiger charge is -2.64. The molecule has 0 unspecified atom stereocenters. The highest BCUT2D eigenvalue weighted by molar-refractivity contribution is 5.27. The van der Waals surface area contributed by atoms with E-state index < -0.39 is 0 Å². The van der Waals surface area contributed by atoms with Crippen molar-refractivity contribution in [2.45, 2.75) is 57.4 Å². The van der Waals surface area contributed by atoms with E-state index in [2.05, 4.69) is 24.4 Å². The first kappa shape index (κ1) is 13.7. The molecule has 0 radical (unpaired) electrons. The van der Waals surface area contributed by atoms with E-state index in [1.165, 1.54) is 31.2 Å². The molecule has 1 aromatic carbocycles. The molecule has 0 bridgehead atoms. The Morgan fingerprint density at radius 2 is 2.29 bits per heavy atom. The van der Waals surface area contributed by atoms with Gasteiger partial charge in [-0.25, -0.2) is 0 Å². The molecule has 3 aliphatic rings. The van der Waals surface area contributed by atoms with Crippen molar-refractivity contribution in [3.8, 4) is 0 Å². The number of hydrogen-bond acceptors (Lipinski definition) is 3. The van der Waals surface area contributed by atoms with Crippen LogP contribution in [0.3, 0.4) is 0 Å². The predicted molar refractivity (Wildman–Crippen MR) is 81.8 cm³/mol. The number of hydrogen-bond donors (Lipinski definition) is 2. The van der Waals surface area contributed by atoms with E-state index in [-0.39, 0.29) is 6.61 Å². The van der Waals surface area contributed by atoms with Crippen LogP contribution in [0.4, 0.5) is 0 Å². The van der Waals surface area contributed by atoms with Crippen LogP contribution < -0.4 is 5.32 Å². The fourth-order valence-corrected chi connectivity index (χ4v) is 4.82. The highest BCUT2D eigenvalue weighted by Gasteiger charge is 2.66. The third-order valence-corrected chi connectivity index (χ3v) is 6.10. The zero-order valence-corrected chi connectivity index (χ0v) is 12.7. The molecule has 0 aromatic heterocycles. The molecule has 1 spiro atoms. The van der Waals surface area contributed by atoms with E-state index in [4.69, 9.17) is 4.74 Å². The lowest BCUT2D eigenvalue weighted by Crippen LogP contribution is -2.71. The van der Waals surface area contributed by atoms with Crippen LogP contribution in [0.5, 0.6) is 0 Å². The van der Waals surface area contributed by atoms with Crippen LogP contribution in [0.1, 0.15) is 49.8 Å². The molecule has 2 aliphatic carbocycles. The molecule has 2 N–H and O–H groups in total. The van der Waals surface area contributed by atoms with Crippen molar-refractivity contribution in [1.82, 2.24) is 5.32 Å². The Morgan fingerprint density at radius 1 is 1.43 bits per heavy atom. The molecule has 3 fully saturated rings. The largest absolute Gasteiger partial charge is 0.392 e. The Morgan fingerprint density at radius 3 is 3.00 bits per heavy atom. The van der Waals surface area contributed by atoms with Crippen LogP contribution in [0.2, 0.25) is 0 Å². The van der Waals surface area contributed by atoms with Crippen LogP contribution in [0, 0.1) is 11.3 Å². The summed E-state index contributed by atoms with van der Waals surface area (Å²) in [6.07, 6.45) is 5.76. The van der Waals surface area contributed by atoms with Crippen molar-refractivity contribution < 1.29 is 9.84 Å². The summed E-state index contributed by atoms with van der Waals surface area (Å²) in [5.74, 6) is 0.716. The van der Waals surface area contributed by atoms with Gasteiger partial charge in [0, 0.05) is 30.0 Å². The van der Waals surface area contributed by atoms with Gasteiger partial charge in [0.05, 0.1) is 12.7 Å². The summed E-state index contributed by atoms with van der Waals surface area (Å²) in [5, 5.41) is 13.2. The Hall–Kier alpha value is -0.900. The maximum absolute atomic E-state index is 9.30. The third-order valence-electron chi connectivity index (χ3n) is 6.10. The third kappa shape index (κ3) is 1.98. The average molecular weight is 287 g/mol. The van der Waals surface area contributed by atoms with Crippen LogP contribution in [0.15, 0.2) is 24.3 Å². The first-order chi connectivity index (χ1) is 10.2. The quantitative estimate of drug-likeness (QED) is 0.895. The Labute approximate surface area is 126 Å². The first-order valence-electron chi connectivity index (χ1n) is 8.32. The second-order valence-corrected chi connectivity index (χ2v) is 7.10. The minimum Gasteiger partial charge on any atom is -0.392 e.